The number of aliphatic hydroxyl groups is 1. The van der Waals surface area contributed by atoms with Crippen LogP contribution in [0.1, 0.15) is 80.8 Å². The molecular weight excluding hydrogens is 699 g/mol. The second kappa shape index (κ2) is 11.6. The first-order chi connectivity index (χ1) is 19.3. The average molecular weight is 737 g/mol. The number of pyridine rings is 1. The molecule has 2 aromatic heterocycles. The molecule has 6 rings (SSSR count). The zero-order valence-corrected chi connectivity index (χ0v) is 28.2. The van der Waals surface area contributed by atoms with E-state index in [0.29, 0.717) is 5.92 Å². The van der Waals surface area contributed by atoms with Crippen LogP contribution in [0, 0.1) is 26.8 Å². The van der Waals surface area contributed by atoms with Crippen molar-refractivity contribution in [3.05, 3.63) is 99.8 Å². The van der Waals surface area contributed by atoms with E-state index in [1.54, 1.807) is 0 Å². The van der Waals surface area contributed by atoms with Gasteiger partial charge in [0.1, 0.15) is 11.3 Å². The molecule has 219 valence electrons. The predicted molar refractivity (Wildman–Crippen MR) is 169 cm³/mol. The molecule has 0 bridgehead atoms. The second-order valence-electron chi connectivity index (χ2n) is 12.2. The molecule has 0 saturated carbocycles. The van der Waals surface area contributed by atoms with Crippen LogP contribution in [0.3, 0.4) is 0 Å². The molecular formula is C37H38IrNO3-. The molecule has 1 N–H and O–H groups in total. The molecule has 0 unspecified atom stereocenters. The van der Waals surface area contributed by atoms with Gasteiger partial charge >= 0.3 is 0 Å². The summed E-state index contributed by atoms with van der Waals surface area (Å²) in [6.07, 6.45) is 1.17. The minimum Gasteiger partial charge on any atom is -0.512 e. The maximum Gasteiger partial charge on any atom is 0.155 e. The largest absolute Gasteiger partial charge is 0.512 e. The molecule has 1 aliphatic rings. The van der Waals surface area contributed by atoms with Gasteiger partial charge in [-0.2, -0.15) is 0 Å². The van der Waals surface area contributed by atoms with E-state index in [0.717, 1.165) is 33.7 Å². The van der Waals surface area contributed by atoms with Crippen LogP contribution in [-0.4, -0.2) is 15.9 Å². The number of rotatable bonds is 3. The van der Waals surface area contributed by atoms with Crippen molar-refractivity contribution in [3.63, 3.8) is 0 Å². The number of hydrogen-bond donors (Lipinski definition) is 1. The number of aliphatic hydroxyl groups excluding tert-OH is 1. The summed E-state index contributed by atoms with van der Waals surface area (Å²) in [5.74, 6) is 1.41. The molecule has 1 aliphatic carbocycles. The van der Waals surface area contributed by atoms with Gasteiger partial charge in [0.2, 0.25) is 0 Å². The van der Waals surface area contributed by atoms with Gasteiger partial charge in [-0.05, 0) is 92.1 Å². The van der Waals surface area contributed by atoms with Crippen molar-refractivity contribution >= 4 is 27.7 Å². The third-order valence-electron chi connectivity index (χ3n) is 7.99. The van der Waals surface area contributed by atoms with Crippen LogP contribution in [0.25, 0.3) is 44.5 Å². The van der Waals surface area contributed by atoms with E-state index in [1.165, 1.54) is 64.1 Å². The van der Waals surface area contributed by atoms with Crippen molar-refractivity contribution in [2.24, 2.45) is 0 Å². The summed E-state index contributed by atoms with van der Waals surface area (Å²) in [5.41, 5.74) is 12.7. The minimum absolute atomic E-state index is 0. The molecule has 0 aliphatic heterocycles. The van der Waals surface area contributed by atoms with Crippen molar-refractivity contribution in [2.75, 3.05) is 0 Å². The molecule has 0 spiro atoms. The van der Waals surface area contributed by atoms with Crippen LogP contribution in [0.15, 0.2) is 64.8 Å². The van der Waals surface area contributed by atoms with Crippen LogP contribution < -0.4 is 0 Å². The Labute approximate surface area is 262 Å². The van der Waals surface area contributed by atoms with Crippen molar-refractivity contribution in [2.45, 2.75) is 73.6 Å². The predicted octanol–water partition coefficient (Wildman–Crippen LogP) is 9.84. The molecule has 0 saturated heterocycles. The Morgan fingerprint density at radius 3 is 2.31 bits per heavy atom. The molecule has 0 fully saturated rings. The van der Waals surface area contributed by atoms with Crippen LogP contribution >= 0.6 is 0 Å². The SMILES string of the molecule is CC(=O)/C=C(/C)O.Cc1cc(C)c2c(C)cc(-c3[c-]ccc4c3C(C)(C)c3c-4oc4ccc(C(C)C)cc34)nc2c1.[Ir]. The third kappa shape index (κ3) is 5.48. The van der Waals surface area contributed by atoms with E-state index >= 15 is 0 Å². The fourth-order valence-corrected chi connectivity index (χ4v) is 6.36. The van der Waals surface area contributed by atoms with E-state index in [4.69, 9.17) is 14.5 Å². The summed E-state index contributed by atoms with van der Waals surface area (Å²) in [6, 6.07) is 21.0. The van der Waals surface area contributed by atoms with Gasteiger partial charge < -0.3 is 9.52 Å². The Bertz CT molecular complexity index is 1870. The van der Waals surface area contributed by atoms with Gasteiger partial charge in [0.05, 0.1) is 11.3 Å². The van der Waals surface area contributed by atoms with Crippen LogP contribution in [0.4, 0.5) is 0 Å². The van der Waals surface area contributed by atoms with Gasteiger partial charge in [0.15, 0.2) is 5.78 Å². The normalized spacial score (nSPS) is 13.4. The van der Waals surface area contributed by atoms with Crippen LogP contribution in [-0.2, 0) is 30.3 Å². The standard InChI is InChI=1S/C32H30NO.C5H8O2.Ir/c1-17(2)21-11-12-27-24(16-21)30-31(34-27)23-10-8-9-22(29(23)32(30,6)7)25-15-20(5)28-19(4)13-18(3)14-26(28)33-25;1-4(6)3-5(2)7;/h8,10-17H,1-7H3;3,6H,1-2H3;/q-1;;/b;4-3-;. The number of hydrogen-bond acceptors (Lipinski definition) is 4. The second-order valence-corrected chi connectivity index (χ2v) is 12.2. The van der Waals surface area contributed by atoms with Crippen molar-refractivity contribution in [3.8, 4) is 22.6 Å². The summed E-state index contributed by atoms with van der Waals surface area (Å²) >= 11 is 0. The Morgan fingerprint density at radius 1 is 1.00 bits per heavy atom. The number of fused-ring (bicyclic) bond motifs is 6. The monoisotopic (exact) mass is 737 g/mol. The number of nitrogens with zero attached hydrogens (tertiary/aromatic N) is 1. The number of aromatic nitrogens is 1. The molecule has 42 heavy (non-hydrogen) atoms. The van der Waals surface area contributed by atoms with E-state index in [1.807, 2.05) is 6.07 Å². The molecule has 1 radical (unpaired) electrons. The van der Waals surface area contributed by atoms with Gasteiger partial charge in [-0.15, -0.1) is 29.3 Å². The average Bonchev–Trinajstić information content (AvgIpc) is 3.36. The van der Waals surface area contributed by atoms with Gasteiger partial charge in [0.25, 0.3) is 0 Å². The van der Waals surface area contributed by atoms with Gasteiger partial charge in [0, 0.05) is 42.5 Å². The third-order valence-corrected chi connectivity index (χ3v) is 7.99. The van der Waals surface area contributed by atoms with Gasteiger partial charge in [-0.1, -0.05) is 51.5 Å². The smallest absolute Gasteiger partial charge is 0.155 e. The summed E-state index contributed by atoms with van der Waals surface area (Å²) < 4.78 is 6.49. The van der Waals surface area contributed by atoms with E-state index in [-0.39, 0.29) is 37.1 Å². The fraction of sp³-hybridized carbons (Fsp3) is 0.297. The van der Waals surface area contributed by atoms with Crippen molar-refractivity contribution in [1.82, 2.24) is 4.98 Å². The first-order valence-corrected chi connectivity index (χ1v) is 14.2. The molecule has 2 heterocycles. The number of carbonyl (C=O) groups is 1. The van der Waals surface area contributed by atoms with Crippen LogP contribution in [0.5, 0.6) is 0 Å². The first-order valence-electron chi connectivity index (χ1n) is 14.2. The Hall–Kier alpha value is -3.53. The molecule has 5 aromatic rings. The maximum atomic E-state index is 10.0. The quantitative estimate of drug-likeness (QED) is 0.114. The minimum atomic E-state index is -0.217. The summed E-state index contributed by atoms with van der Waals surface area (Å²) in [4.78, 5) is 15.2. The zero-order valence-electron chi connectivity index (χ0n) is 25.8. The number of carbonyl (C=O) groups excluding carboxylic acids is 1. The Kier molecular flexibility index (Phi) is 8.69. The Morgan fingerprint density at radius 2 is 1.69 bits per heavy atom. The Balaban J connectivity index is 0.000000454. The zero-order chi connectivity index (χ0) is 29.8. The molecule has 0 atom stereocenters. The first kappa shape index (κ1) is 31.4. The molecule has 4 nitrogen and oxygen atoms in total. The number of furan rings is 1. The number of allylic oxidation sites excluding steroid dienone is 2. The topological polar surface area (TPSA) is 63.3 Å². The summed E-state index contributed by atoms with van der Waals surface area (Å²) in [7, 11) is 0. The van der Waals surface area contributed by atoms with Crippen molar-refractivity contribution in [1.29, 1.82) is 0 Å². The number of aryl methyl sites for hydroxylation is 3. The van der Waals surface area contributed by atoms with E-state index in [9.17, 15) is 4.79 Å². The van der Waals surface area contributed by atoms with Crippen molar-refractivity contribution < 1.29 is 34.4 Å². The van der Waals surface area contributed by atoms with E-state index in [2.05, 4.69) is 97.0 Å². The molecule has 3 aromatic carbocycles. The summed E-state index contributed by atoms with van der Waals surface area (Å²) in [5, 5.41) is 10.8. The van der Waals surface area contributed by atoms with E-state index < -0.39 is 0 Å². The fourth-order valence-electron chi connectivity index (χ4n) is 6.36. The maximum absolute atomic E-state index is 10.0. The molecule has 5 heteroatoms. The van der Waals surface area contributed by atoms with Gasteiger partial charge in [-0.25, -0.2) is 0 Å². The number of benzene rings is 3. The summed E-state index contributed by atoms with van der Waals surface area (Å²) in [6.45, 7) is 18.5. The molecule has 0 amide bonds. The van der Waals surface area contributed by atoms with Crippen LogP contribution in [0.2, 0.25) is 0 Å². The number of ketones is 1. The van der Waals surface area contributed by atoms with Gasteiger partial charge in [-0.3, -0.25) is 9.78 Å².